The molecule has 1 heterocycles. The van der Waals surface area contributed by atoms with Gasteiger partial charge in [-0.15, -0.1) is 0 Å². The lowest BCUT2D eigenvalue weighted by molar-refractivity contribution is 1.06. The van der Waals surface area contributed by atoms with Crippen LogP contribution in [0.2, 0.25) is 0 Å². The second-order valence-electron chi connectivity index (χ2n) is 1.09. The molecule has 0 aromatic carbocycles. The molecule has 1 aromatic rings. The van der Waals surface area contributed by atoms with Gasteiger partial charge in [0.05, 0.1) is 7.21 Å². The van der Waals surface area contributed by atoms with Crippen LogP contribution in [0.4, 0.5) is 0 Å². The molecule has 1 rings (SSSR count). The number of hydrogen-bond donors (Lipinski definition) is 1. The van der Waals surface area contributed by atoms with E-state index in [1.807, 2.05) is 0 Å². The van der Waals surface area contributed by atoms with Gasteiger partial charge < -0.3 is 4.98 Å². The highest BCUT2D eigenvalue weighted by atomic mass is 79.9. The van der Waals surface area contributed by atoms with E-state index in [4.69, 9.17) is 2.74 Å². The van der Waals surface area contributed by atoms with Crippen LogP contribution >= 0.6 is 15.9 Å². The summed E-state index contributed by atoms with van der Waals surface area (Å²) in [7, 11) is 0. The molecule has 1 N–H and O–H groups in total. The van der Waals surface area contributed by atoms with Crippen LogP contribution in [0.5, 0.6) is 0 Å². The predicted octanol–water partition coefficient (Wildman–Crippen LogP) is 0.532. The van der Waals surface area contributed by atoms with E-state index in [-0.39, 0.29) is 16.8 Å². The van der Waals surface area contributed by atoms with Crippen LogP contribution in [0.1, 0.15) is 2.74 Å². The minimum atomic E-state index is -0.668. The van der Waals surface area contributed by atoms with Crippen LogP contribution in [0.25, 0.3) is 0 Å². The second kappa shape index (κ2) is 2.09. The van der Waals surface area contributed by atoms with Crippen LogP contribution in [0.15, 0.2) is 21.6 Å². The molecule has 0 aliphatic carbocycles. The Labute approximate surface area is 56.7 Å². The summed E-state index contributed by atoms with van der Waals surface area (Å²) in [6.07, 6.45) is -0.334. The lowest BCUT2D eigenvalue weighted by Gasteiger charge is -1.81. The predicted molar refractivity (Wildman–Crippen MR) is 32.6 cm³/mol. The van der Waals surface area contributed by atoms with E-state index in [0.29, 0.717) is 0 Å². The zero-order chi connectivity index (χ0) is 7.72. The van der Waals surface area contributed by atoms with E-state index in [9.17, 15) is 4.79 Å². The van der Waals surface area contributed by atoms with Gasteiger partial charge in [0.15, 0.2) is 0 Å². The standard InChI is InChI=1S/C4H3BrN2O/c5-3-1-6-4(8)7-2-3/h1-2H,(H,6,7,8)/i1D,2D. The quantitative estimate of drug-likeness (QED) is 0.628. The van der Waals surface area contributed by atoms with E-state index in [1.165, 1.54) is 0 Å². The Hall–Kier alpha value is -0.640. The van der Waals surface area contributed by atoms with Crippen molar-refractivity contribution in [1.29, 1.82) is 0 Å². The van der Waals surface area contributed by atoms with E-state index in [2.05, 4.69) is 25.9 Å². The molecule has 0 bridgehead atoms. The molecule has 0 spiro atoms. The second-order valence-corrected chi connectivity index (χ2v) is 1.89. The molecule has 42 valence electrons. The Kier molecular flexibility index (Phi) is 0.886. The smallest absolute Gasteiger partial charge is 0.312 e. The Bertz CT molecular complexity index is 284. The number of nitrogens with zero attached hydrogens (tertiary/aromatic N) is 1. The normalized spacial score (nSPS) is 12.6. The minimum absolute atomic E-state index is 0.120. The van der Waals surface area contributed by atoms with Gasteiger partial charge in [-0.3, -0.25) is 0 Å². The minimum Gasteiger partial charge on any atom is -0.312 e. The molecular formula is C4H3BrN2O. The summed E-state index contributed by atoms with van der Waals surface area (Å²) < 4.78 is 14.2. The fourth-order valence-electron chi connectivity index (χ4n) is 0.264. The molecule has 0 amide bonds. The topological polar surface area (TPSA) is 45.8 Å². The van der Waals surface area contributed by atoms with Crippen molar-refractivity contribution in [2.75, 3.05) is 0 Å². The molecule has 4 heteroatoms. The zero-order valence-corrected chi connectivity index (χ0v) is 5.32. The molecule has 1 aromatic heterocycles. The number of rotatable bonds is 0. The number of aromatic amines is 1. The molecule has 0 saturated heterocycles. The summed E-state index contributed by atoms with van der Waals surface area (Å²) in [6, 6.07) is 0. The number of H-pyrrole nitrogens is 1. The van der Waals surface area contributed by atoms with Crippen molar-refractivity contribution in [2.45, 2.75) is 0 Å². The van der Waals surface area contributed by atoms with Crippen LogP contribution in [0, 0.1) is 0 Å². The molecular weight excluding hydrogens is 172 g/mol. The largest absolute Gasteiger partial charge is 0.344 e. The molecule has 0 aliphatic rings. The van der Waals surface area contributed by atoms with Crippen molar-refractivity contribution in [1.82, 2.24) is 9.97 Å². The van der Waals surface area contributed by atoms with Gasteiger partial charge in [-0.1, -0.05) is 0 Å². The van der Waals surface area contributed by atoms with Gasteiger partial charge in [0.25, 0.3) is 0 Å². The summed E-state index contributed by atoms with van der Waals surface area (Å²) >= 11 is 2.91. The number of hydrogen-bond acceptors (Lipinski definition) is 2. The lowest BCUT2D eigenvalue weighted by Crippen LogP contribution is -2.06. The monoisotopic (exact) mass is 176 g/mol. The molecule has 3 nitrogen and oxygen atoms in total. The van der Waals surface area contributed by atoms with Gasteiger partial charge in [0, 0.05) is 12.3 Å². The first-order valence-corrected chi connectivity index (χ1v) is 2.63. The fraction of sp³-hybridized carbons (Fsp3) is 0. The maximum absolute atomic E-state index is 10.4. The summed E-state index contributed by atoms with van der Waals surface area (Å²) in [6.45, 7) is 0. The maximum atomic E-state index is 10.4. The summed E-state index contributed by atoms with van der Waals surface area (Å²) in [4.78, 5) is 15.8. The highest BCUT2D eigenvalue weighted by Crippen LogP contribution is 1.99. The van der Waals surface area contributed by atoms with Crippen molar-refractivity contribution < 1.29 is 2.74 Å². The maximum Gasteiger partial charge on any atom is 0.344 e. The van der Waals surface area contributed by atoms with Crippen LogP contribution in [0.3, 0.4) is 0 Å². The van der Waals surface area contributed by atoms with E-state index >= 15 is 0 Å². The average molecular weight is 177 g/mol. The Balaban J connectivity index is 3.46. The average Bonchev–Trinajstić information content (AvgIpc) is 1.82. The highest BCUT2D eigenvalue weighted by Gasteiger charge is 1.82. The van der Waals surface area contributed by atoms with Crippen LogP contribution in [-0.2, 0) is 0 Å². The third-order valence-corrected chi connectivity index (χ3v) is 0.910. The van der Waals surface area contributed by atoms with Crippen molar-refractivity contribution in [3.8, 4) is 0 Å². The van der Waals surface area contributed by atoms with Crippen molar-refractivity contribution in [3.63, 3.8) is 0 Å². The van der Waals surface area contributed by atoms with Crippen LogP contribution < -0.4 is 5.69 Å². The molecule has 0 unspecified atom stereocenters. The Morgan fingerprint density at radius 3 is 3.38 bits per heavy atom. The number of nitrogens with one attached hydrogen (secondary N) is 1. The SMILES string of the molecule is [2H]c1nc(=O)[nH]c([2H])c1Br. The molecule has 0 aliphatic heterocycles. The number of halogens is 1. The van der Waals surface area contributed by atoms with Crippen LogP contribution in [-0.4, -0.2) is 9.97 Å². The van der Waals surface area contributed by atoms with Gasteiger partial charge in [0.1, 0.15) is 0 Å². The first-order chi connectivity index (χ1) is 4.61. The first kappa shape index (κ1) is 3.40. The van der Waals surface area contributed by atoms with E-state index in [0.717, 1.165) is 0 Å². The zero-order valence-electron chi connectivity index (χ0n) is 5.73. The number of aromatic nitrogens is 2. The summed E-state index contributed by atoms with van der Waals surface area (Å²) in [5, 5.41) is 0. The van der Waals surface area contributed by atoms with Gasteiger partial charge >= 0.3 is 5.69 Å². The van der Waals surface area contributed by atoms with E-state index in [1.54, 1.807) is 0 Å². The third kappa shape index (κ3) is 1.16. The molecule has 0 saturated carbocycles. The molecule has 0 radical (unpaired) electrons. The third-order valence-electron chi connectivity index (χ3n) is 0.535. The fourth-order valence-corrected chi connectivity index (χ4v) is 0.452. The highest BCUT2D eigenvalue weighted by molar-refractivity contribution is 9.10. The van der Waals surface area contributed by atoms with Gasteiger partial charge in [-0.25, -0.2) is 9.78 Å². The van der Waals surface area contributed by atoms with Gasteiger partial charge in [-0.2, -0.15) is 0 Å². The lowest BCUT2D eigenvalue weighted by atomic mass is 10.7. The Morgan fingerprint density at radius 1 is 2.00 bits per heavy atom. The van der Waals surface area contributed by atoms with Crippen molar-refractivity contribution >= 4 is 15.9 Å². The molecule has 8 heavy (non-hydrogen) atoms. The summed E-state index contributed by atoms with van der Waals surface area (Å²) in [5.41, 5.74) is -0.668. The molecule has 0 fully saturated rings. The Morgan fingerprint density at radius 2 is 2.75 bits per heavy atom. The summed E-state index contributed by atoms with van der Waals surface area (Å²) in [5.74, 6) is 0. The first-order valence-electron chi connectivity index (χ1n) is 2.84. The van der Waals surface area contributed by atoms with Crippen molar-refractivity contribution in [3.05, 3.63) is 27.3 Å². The van der Waals surface area contributed by atoms with Gasteiger partial charge in [0.2, 0.25) is 0 Å². The van der Waals surface area contributed by atoms with Gasteiger partial charge in [-0.05, 0) is 15.9 Å². The van der Waals surface area contributed by atoms with Crippen molar-refractivity contribution in [2.24, 2.45) is 0 Å². The van der Waals surface area contributed by atoms with E-state index < -0.39 is 5.69 Å². The molecule has 0 atom stereocenters.